The molecule has 1 aliphatic rings. The van der Waals surface area contributed by atoms with Crippen LogP contribution in [0.2, 0.25) is 0 Å². The van der Waals surface area contributed by atoms with Gasteiger partial charge >= 0.3 is 5.97 Å². The van der Waals surface area contributed by atoms with Crippen LogP contribution in [0.4, 0.5) is 0 Å². The molecular formula is C13H19NO4. The van der Waals surface area contributed by atoms with Crippen LogP contribution in [-0.2, 0) is 14.3 Å². The number of amides is 1. The second-order valence-electron chi connectivity index (χ2n) is 4.46. The average Bonchev–Trinajstić information content (AvgIpc) is 2.55. The lowest BCUT2D eigenvalue weighted by molar-refractivity contribution is -0.146. The van der Waals surface area contributed by atoms with E-state index in [-0.39, 0.29) is 12.1 Å². The molecule has 0 fully saturated rings. The van der Waals surface area contributed by atoms with Gasteiger partial charge in [-0.1, -0.05) is 19.1 Å². The molecule has 5 nitrogen and oxygen atoms in total. The van der Waals surface area contributed by atoms with E-state index >= 15 is 0 Å². The van der Waals surface area contributed by atoms with Gasteiger partial charge in [0, 0.05) is 0 Å². The van der Waals surface area contributed by atoms with Crippen LogP contribution in [0.25, 0.3) is 0 Å². The first-order valence-electron chi connectivity index (χ1n) is 5.97. The maximum atomic E-state index is 11.6. The SMILES string of the molecule is C/C=C\[C@H](O)CC(=O)NC1=C[C@](C)(CC)OC1=O. The van der Waals surface area contributed by atoms with Crippen molar-refractivity contribution in [2.45, 2.75) is 45.3 Å². The minimum absolute atomic E-state index is 0.0855. The van der Waals surface area contributed by atoms with Crippen molar-refractivity contribution in [1.82, 2.24) is 5.32 Å². The van der Waals surface area contributed by atoms with Crippen LogP contribution in [0.15, 0.2) is 23.9 Å². The predicted molar refractivity (Wildman–Crippen MR) is 66.5 cm³/mol. The number of ether oxygens (including phenoxy) is 1. The Morgan fingerprint density at radius 3 is 2.83 bits per heavy atom. The number of aliphatic hydroxyl groups excluding tert-OH is 1. The first kappa shape index (κ1) is 14.4. The summed E-state index contributed by atoms with van der Waals surface area (Å²) in [5, 5.41) is 11.9. The van der Waals surface area contributed by atoms with Crippen LogP contribution in [0, 0.1) is 0 Å². The van der Waals surface area contributed by atoms with E-state index in [2.05, 4.69) is 5.32 Å². The van der Waals surface area contributed by atoms with E-state index in [0.717, 1.165) is 0 Å². The quantitative estimate of drug-likeness (QED) is 0.567. The Bertz CT molecular complexity index is 400. The second kappa shape index (κ2) is 5.82. The summed E-state index contributed by atoms with van der Waals surface area (Å²) in [5.74, 6) is -0.947. The number of esters is 1. The molecule has 0 aromatic carbocycles. The molecule has 0 aromatic rings. The summed E-state index contributed by atoms with van der Waals surface area (Å²) in [7, 11) is 0. The third-order valence-corrected chi connectivity index (χ3v) is 2.78. The van der Waals surface area contributed by atoms with Crippen LogP contribution in [0.1, 0.15) is 33.6 Å². The van der Waals surface area contributed by atoms with E-state index < -0.39 is 23.6 Å². The minimum atomic E-state index is -0.842. The predicted octanol–water partition coefficient (Wildman–Crippen LogP) is 1.04. The van der Waals surface area contributed by atoms with Crippen molar-refractivity contribution >= 4 is 11.9 Å². The van der Waals surface area contributed by atoms with Crippen LogP contribution in [0.5, 0.6) is 0 Å². The zero-order chi connectivity index (χ0) is 13.8. The number of carbonyl (C=O) groups is 2. The van der Waals surface area contributed by atoms with E-state index in [4.69, 9.17) is 4.74 Å². The first-order chi connectivity index (χ1) is 8.40. The van der Waals surface area contributed by atoms with Crippen molar-refractivity contribution in [2.75, 3.05) is 0 Å². The topological polar surface area (TPSA) is 75.6 Å². The molecule has 0 spiro atoms. The standard InChI is InChI=1S/C13H19NO4/c1-4-6-9(15)7-11(16)14-10-8-13(3,5-2)18-12(10)17/h4,6,8-9,15H,5,7H2,1-3H3,(H,14,16)/b6-4-/t9-,13-/m0/s1. The molecule has 2 atom stereocenters. The highest BCUT2D eigenvalue weighted by atomic mass is 16.6. The van der Waals surface area contributed by atoms with Crippen LogP contribution in [0.3, 0.4) is 0 Å². The second-order valence-corrected chi connectivity index (χ2v) is 4.46. The molecule has 0 radical (unpaired) electrons. The lowest BCUT2D eigenvalue weighted by Gasteiger charge is -2.17. The maximum absolute atomic E-state index is 11.6. The number of carbonyl (C=O) groups excluding carboxylic acids is 2. The number of hydrogen-bond donors (Lipinski definition) is 2. The van der Waals surface area contributed by atoms with Gasteiger partial charge in [0.15, 0.2) is 0 Å². The van der Waals surface area contributed by atoms with Crippen LogP contribution < -0.4 is 5.32 Å². The highest BCUT2D eigenvalue weighted by molar-refractivity contribution is 5.96. The van der Waals surface area contributed by atoms with Gasteiger partial charge in [0.05, 0.1) is 12.5 Å². The molecule has 1 rings (SSSR count). The Morgan fingerprint density at radius 2 is 2.33 bits per heavy atom. The van der Waals surface area contributed by atoms with Crippen molar-refractivity contribution in [3.8, 4) is 0 Å². The Labute approximate surface area is 107 Å². The molecule has 2 N–H and O–H groups in total. The van der Waals surface area contributed by atoms with Gasteiger partial charge in [-0.25, -0.2) is 4.79 Å². The fourth-order valence-corrected chi connectivity index (χ4v) is 1.60. The Morgan fingerprint density at radius 1 is 1.67 bits per heavy atom. The molecule has 18 heavy (non-hydrogen) atoms. The third kappa shape index (κ3) is 3.70. The van der Waals surface area contributed by atoms with E-state index in [1.165, 1.54) is 6.08 Å². The van der Waals surface area contributed by atoms with E-state index in [1.807, 2.05) is 6.92 Å². The summed E-state index contributed by atoms with van der Waals surface area (Å²) >= 11 is 0. The van der Waals surface area contributed by atoms with Gasteiger partial charge in [0.2, 0.25) is 5.91 Å². The summed E-state index contributed by atoms with van der Waals surface area (Å²) in [4.78, 5) is 23.1. The zero-order valence-electron chi connectivity index (χ0n) is 10.9. The smallest absolute Gasteiger partial charge is 0.355 e. The lowest BCUT2D eigenvalue weighted by Crippen LogP contribution is -2.28. The molecule has 1 aliphatic heterocycles. The molecule has 100 valence electrons. The van der Waals surface area contributed by atoms with Gasteiger partial charge in [-0.2, -0.15) is 0 Å². The Hall–Kier alpha value is -1.62. The van der Waals surface area contributed by atoms with Gasteiger partial charge < -0.3 is 15.2 Å². The largest absolute Gasteiger partial charge is 0.450 e. The summed E-state index contributed by atoms with van der Waals surface area (Å²) < 4.78 is 5.14. The summed E-state index contributed by atoms with van der Waals surface area (Å²) in [6.45, 7) is 5.42. The minimum Gasteiger partial charge on any atom is -0.450 e. The van der Waals surface area contributed by atoms with Crippen molar-refractivity contribution in [1.29, 1.82) is 0 Å². The van der Waals surface area contributed by atoms with Crippen molar-refractivity contribution < 1.29 is 19.4 Å². The van der Waals surface area contributed by atoms with Gasteiger partial charge in [-0.05, 0) is 26.3 Å². The number of allylic oxidation sites excluding steroid dienone is 1. The van der Waals surface area contributed by atoms with Gasteiger partial charge in [0.25, 0.3) is 0 Å². The fraction of sp³-hybridized carbons (Fsp3) is 0.538. The summed E-state index contributed by atoms with van der Waals surface area (Å²) in [5.41, 5.74) is -0.501. The van der Waals surface area contributed by atoms with E-state index in [0.29, 0.717) is 6.42 Å². The Balaban J connectivity index is 2.60. The molecule has 0 bridgehead atoms. The number of aliphatic hydroxyl groups is 1. The number of rotatable bonds is 5. The molecule has 0 aromatic heterocycles. The Kier molecular flexibility index (Phi) is 4.67. The number of hydrogen-bond acceptors (Lipinski definition) is 4. The highest BCUT2D eigenvalue weighted by Gasteiger charge is 2.35. The van der Waals surface area contributed by atoms with Crippen LogP contribution in [-0.4, -0.2) is 28.7 Å². The van der Waals surface area contributed by atoms with Crippen molar-refractivity contribution in [2.24, 2.45) is 0 Å². The molecule has 0 saturated heterocycles. The van der Waals surface area contributed by atoms with Crippen LogP contribution >= 0.6 is 0 Å². The fourth-order valence-electron chi connectivity index (χ4n) is 1.60. The monoisotopic (exact) mass is 253 g/mol. The van der Waals surface area contributed by atoms with Crippen molar-refractivity contribution in [3.63, 3.8) is 0 Å². The molecule has 1 heterocycles. The zero-order valence-corrected chi connectivity index (χ0v) is 10.9. The first-order valence-corrected chi connectivity index (χ1v) is 5.97. The third-order valence-electron chi connectivity index (χ3n) is 2.78. The summed E-state index contributed by atoms with van der Waals surface area (Å²) in [6, 6.07) is 0. The lowest BCUT2D eigenvalue weighted by atomic mass is 10.0. The molecular weight excluding hydrogens is 234 g/mol. The molecule has 5 heteroatoms. The average molecular weight is 253 g/mol. The van der Waals surface area contributed by atoms with Crippen molar-refractivity contribution in [3.05, 3.63) is 23.9 Å². The molecule has 1 amide bonds. The molecule has 0 aliphatic carbocycles. The van der Waals surface area contributed by atoms with E-state index in [9.17, 15) is 14.7 Å². The van der Waals surface area contributed by atoms with Gasteiger partial charge in [0.1, 0.15) is 11.3 Å². The van der Waals surface area contributed by atoms with Gasteiger partial charge in [-0.15, -0.1) is 0 Å². The summed E-state index contributed by atoms with van der Waals surface area (Å²) in [6.07, 6.45) is 4.49. The van der Waals surface area contributed by atoms with E-state index in [1.54, 1.807) is 26.0 Å². The highest BCUT2D eigenvalue weighted by Crippen LogP contribution is 2.26. The number of cyclic esters (lactones) is 1. The maximum Gasteiger partial charge on any atom is 0.355 e. The molecule has 0 unspecified atom stereocenters. The normalized spacial score (nSPS) is 24.9. The molecule has 0 saturated carbocycles. The number of nitrogens with one attached hydrogen (secondary N) is 1. The van der Waals surface area contributed by atoms with Gasteiger partial charge in [-0.3, -0.25) is 4.79 Å².